The van der Waals surface area contributed by atoms with Crippen LogP contribution in [0.3, 0.4) is 0 Å². The van der Waals surface area contributed by atoms with E-state index in [1.165, 1.54) is 18.2 Å². The zero-order chi connectivity index (χ0) is 26.0. The molecule has 0 atom stereocenters. The lowest BCUT2D eigenvalue weighted by Crippen LogP contribution is -2.29. The number of ketones is 1. The summed E-state index contributed by atoms with van der Waals surface area (Å²) in [4.78, 5) is 35.6. The number of hydrogen-bond donors (Lipinski definition) is 4. The molecule has 1 aromatic carbocycles. The summed E-state index contributed by atoms with van der Waals surface area (Å²) >= 11 is 0. The molecule has 2 aromatic rings. The number of nitrogens with one attached hydrogen (secondary N) is 2. The number of carbonyl (C=O) groups is 3. The highest BCUT2D eigenvalue weighted by Gasteiger charge is 2.45. The third-order valence-corrected chi connectivity index (χ3v) is 5.85. The normalized spacial score (nSPS) is 15.0. The van der Waals surface area contributed by atoms with Gasteiger partial charge in [-0.05, 0) is 42.9 Å². The minimum absolute atomic E-state index is 0.0117. The second-order valence-corrected chi connectivity index (χ2v) is 9.39. The van der Waals surface area contributed by atoms with Gasteiger partial charge >= 0.3 is 6.18 Å². The largest absolute Gasteiger partial charge is 0.435 e. The van der Waals surface area contributed by atoms with Crippen molar-refractivity contribution in [1.29, 1.82) is 0 Å². The van der Waals surface area contributed by atoms with E-state index in [0.29, 0.717) is 31.5 Å². The number of fused-ring (bicyclic) bond motifs is 1. The molecule has 1 aromatic heterocycles. The fraction of sp³-hybridized carbons (Fsp3) is 0.478. The van der Waals surface area contributed by atoms with Crippen molar-refractivity contribution in [3.8, 4) is 5.69 Å². The lowest BCUT2D eigenvalue weighted by molar-refractivity contribution is -0.141. The van der Waals surface area contributed by atoms with E-state index >= 15 is 0 Å². The Morgan fingerprint density at radius 2 is 1.91 bits per heavy atom. The maximum atomic E-state index is 13.7. The number of rotatable bonds is 9. The van der Waals surface area contributed by atoms with E-state index in [1.807, 2.05) is 13.8 Å². The molecule has 3 rings (SSSR count). The average Bonchev–Trinajstić information content (AvgIpc) is 3.14. The Bertz CT molecular complexity index is 1140. The number of Topliss-reactive ketones (excluding diaryl/α,β-unsaturated/α-hetero) is 1. The van der Waals surface area contributed by atoms with Gasteiger partial charge in [-0.2, -0.15) is 18.3 Å². The fourth-order valence-corrected chi connectivity index (χ4v) is 4.25. The Morgan fingerprint density at radius 1 is 1.20 bits per heavy atom. The van der Waals surface area contributed by atoms with Crippen LogP contribution < -0.4 is 16.5 Å². The third kappa shape index (κ3) is 5.99. The van der Waals surface area contributed by atoms with Crippen molar-refractivity contribution >= 4 is 23.3 Å². The van der Waals surface area contributed by atoms with Gasteiger partial charge in [0.25, 0.3) is 5.91 Å². The van der Waals surface area contributed by atoms with Crippen LogP contribution in [0.1, 0.15) is 78.1 Å². The standard InChI is InChI=1S/C23H28F3N5O4/c1-22(2)11-16-19(17(32)12-22)20(23(24,25)26)29-31(16)13-7-8-14(21(27)34)15(10-13)28-9-5-3-4-6-18(33)30-35/h7-8,10,28,35H,3-6,9,11-12H2,1-2H3,(H2,27,34)(H,30,33). The first-order chi connectivity index (χ1) is 16.3. The van der Waals surface area contributed by atoms with Crippen LogP contribution >= 0.6 is 0 Å². The number of hydroxylamine groups is 1. The first-order valence-corrected chi connectivity index (χ1v) is 11.2. The number of aromatic nitrogens is 2. The highest BCUT2D eigenvalue weighted by molar-refractivity contribution is 6.00. The quantitative estimate of drug-likeness (QED) is 0.238. The smallest absolute Gasteiger partial charge is 0.384 e. The van der Waals surface area contributed by atoms with Crippen molar-refractivity contribution in [2.24, 2.45) is 11.1 Å². The molecular formula is C23H28F3N5O4. The SMILES string of the molecule is CC1(C)CC(=O)c2c(C(F)(F)F)nn(-c3ccc(C(N)=O)c(NCCCCCC(=O)NO)c3)c2C1. The number of alkyl halides is 3. The van der Waals surface area contributed by atoms with E-state index in [0.717, 1.165) is 4.68 Å². The zero-order valence-corrected chi connectivity index (χ0v) is 19.5. The first-order valence-electron chi connectivity index (χ1n) is 11.2. The molecule has 1 aliphatic carbocycles. The average molecular weight is 496 g/mol. The summed E-state index contributed by atoms with van der Waals surface area (Å²) in [5.74, 6) is -1.80. The van der Waals surface area contributed by atoms with Crippen molar-refractivity contribution in [3.05, 3.63) is 40.7 Å². The van der Waals surface area contributed by atoms with Crippen LogP contribution in [0.25, 0.3) is 5.69 Å². The molecule has 0 aliphatic heterocycles. The van der Waals surface area contributed by atoms with Crippen molar-refractivity contribution in [1.82, 2.24) is 15.3 Å². The minimum Gasteiger partial charge on any atom is -0.384 e. The van der Waals surface area contributed by atoms with Gasteiger partial charge in [-0.3, -0.25) is 19.6 Å². The van der Waals surface area contributed by atoms with Crippen LogP contribution in [-0.4, -0.2) is 39.1 Å². The van der Waals surface area contributed by atoms with Gasteiger partial charge < -0.3 is 11.1 Å². The van der Waals surface area contributed by atoms with E-state index < -0.39 is 40.4 Å². The molecule has 1 aliphatic rings. The van der Waals surface area contributed by atoms with E-state index in [-0.39, 0.29) is 36.2 Å². The van der Waals surface area contributed by atoms with Crippen molar-refractivity contribution in [2.45, 2.75) is 58.5 Å². The number of halogens is 3. The second-order valence-electron chi connectivity index (χ2n) is 9.39. The van der Waals surface area contributed by atoms with Gasteiger partial charge in [-0.25, -0.2) is 10.2 Å². The third-order valence-electron chi connectivity index (χ3n) is 5.85. The molecule has 0 unspecified atom stereocenters. The summed E-state index contributed by atoms with van der Waals surface area (Å²) in [5.41, 5.74) is 5.78. The molecule has 0 fully saturated rings. The Balaban J connectivity index is 1.92. The summed E-state index contributed by atoms with van der Waals surface area (Å²) in [5, 5.41) is 15.4. The van der Waals surface area contributed by atoms with Gasteiger partial charge in [0.2, 0.25) is 5.91 Å². The van der Waals surface area contributed by atoms with Gasteiger partial charge in [0.15, 0.2) is 11.5 Å². The van der Waals surface area contributed by atoms with Gasteiger partial charge in [0.05, 0.1) is 22.5 Å². The molecular weight excluding hydrogens is 467 g/mol. The van der Waals surface area contributed by atoms with Crippen LogP contribution in [0, 0.1) is 5.41 Å². The van der Waals surface area contributed by atoms with E-state index in [1.54, 1.807) is 5.48 Å². The number of primary amides is 1. The fourth-order valence-electron chi connectivity index (χ4n) is 4.25. The molecule has 2 amide bonds. The number of amides is 2. The summed E-state index contributed by atoms with van der Waals surface area (Å²) in [6.07, 6.45) is -2.60. The molecule has 12 heteroatoms. The summed E-state index contributed by atoms with van der Waals surface area (Å²) in [6, 6.07) is 4.33. The summed E-state index contributed by atoms with van der Waals surface area (Å²) in [6.45, 7) is 4.03. The number of unbranched alkanes of at least 4 members (excludes halogenated alkanes) is 2. The van der Waals surface area contributed by atoms with Crippen LogP contribution in [0.15, 0.2) is 18.2 Å². The van der Waals surface area contributed by atoms with E-state index in [4.69, 9.17) is 10.9 Å². The number of hydrogen-bond acceptors (Lipinski definition) is 6. The van der Waals surface area contributed by atoms with Crippen LogP contribution in [0.4, 0.5) is 18.9 Å². The Labute approximate surface area is 199 Å². The van der Waals surface area contributed by atoms with Crippen LogP contribution in [0.2, 0.25) is 0 Å². The molecule has 190 valence electrons. The highest BCUT2D eigenvalue weighted by Crippen LogP contribution is 2.42. The number of carbonyl (C=O) groups excluding carboxylic acids is 3. The predicted octanol–water partition coefficient (Wildman–Crippen LogP) is 3.62. The van der Waals surface area contributed by atoms with Crippen molar-refractivity contribution in [3.63, 3.8) is 0 Å². The molecule has 0 radical (unpaired) electrons. The predicted molar refractivity (Wildman–Crippen MR) is 120 cm³/mol. The summed E-state index contributed by atoms with van der Waals surface area (Å²) in [7, 11) is 0. The number of benzene rings is 1. The van der Waals surface area contributed by atoms with Gasteiger partial charge in [0.1, 0.15) is 0 Å². The lowest BCUT2D eigenvalue weighted by atomic mass is 9.75. The minimum atomic E-state index is -4.80. The molecule has 35 heavy (non-hydrogen) atoms. The van der Waals surface area contributed by atoms with Gasteiger partial charge in [0, 0.05) is 25.1 Å². The lowest BCUT2D eigenvalue weighted by Gasteiger charge is -2.29. The Hall–Kier alpha value is -3.41. The topological polar surface area (TPSA) is 139 Å². The maximum Gasteiger partial charge on any atom is 0.435 e. The molecule has 9 nitrogen and oxygen atoms in total. The molecule has 1 heterocycles. The molecule has 0 bridgehead atoms. The monoisotopic (exact) mass is 495 g/mol. The van der Waals surface area contributed by atoms with Crippen LogP contribution in [-0.2, 0) is 17.4 Å². The Morgan fingerprint density at radius 3 is 2.54 bits per heavy atom. The second kappa shape index (κ2) is 10.1. The number of nitrogens with zero attached hydrogens (tertiary/aromatic N) is 2. The van der Waals surface area contributed by atoms with Crippen molar-refractivity contribution in [2.75, 3.05) is 11.9 Å². The zero-order valence-electron chi connectivity index (χ0n) is 19.5. The van der Waals surface area contributed by atoms with Gasteiger partial charge in [-0.1, -0.05) is 20.3 Å². The molecule has 0 spiro atoms. The molecule has 5 N–H and O–H groups in total. The van der Waals surface area contributed by atoms with E-state index in [9.17, 15) is 27.6 Å². The van der Waals surface area contributed by atoms with Crippen LogP contribution in [0.5, 0.6) is 0 Å². The highest BCUT2D eigenvalue weighted by atomic mass is 19.4. The number of nitrogens with two attached hydrogens (primary N) is 1. The maximum absolute atomic E-state index is 13.7. The van der Waals surface area contributed by atoms with Crippen molar-refractivity contribution < 1.29 is 32.8 Å². The molecule has 0 saturated heterocycles. The number of anilines is 1. The summed E-state index contributed by atoms with van der Waals surface area (Å²) < 4.78 is 42.3. The van der Waals surface area contributed by atoms with E-state index in [2.05, 4.69) is 10.4 Å². The first kappa shape index (κ1) is 26.2. The molecule has 0 saturated carbocycles. The Kier molecular flexibility index (Phi) is 7.53. The van der Waals surface area contributed by atoms with Gasteiger partial charge in [-0.15, -0.1) is 0 Å².